The molecule has 0 spiro atoms. The average molecular weight is 227 g/mol. The number of aromatic nitrogens is 3. The molecular weight excluding hydrogens is 214 g/mol. The molecule has 0 saturated carbocycles. The maximum absolute atomic E-state index is 8.76. The molecule has 2 rings (SSSR count). The van der Waals surface area contributed by atoms with Crippen molar-refractivity contribution < 1.29 is 0 Å². The van der Waals surface area contributed by atoms with Crippen LogP contribution in [0.5, 0.6) is 0 Å². The quantitative estimate of drug-likeness (QED) is 0.864. The second-order valence-corrected chi connectivity index (χ2v) is 3.71. The molecule has 5 heteroatoms. The lowest BCUT2D eigenvalue weighted by atomic mass is 10.2. The van der Waals surface area contributed by atoms with Gasteiger partial charge in [-0.15, -0.1) is 0 Å². The number of anilines is 1. The maximum Gasteiger partial charge on any atom is 0.161 e. The number of nitriles is 1. The Morgan fingerprint density at radius 2 is 2.29 bits per heavy atom. The standard InChI is InChI=1S/C12H13N5/c1-2-3-11-15-4-5-17(11)12-10(14)6-9(7-13)8-16-12/h4-6,8H,2-3,14H2,1H3. The van der Waals surface area contributed by atoms with Crippen molar-refractivity contribution in [3.63, 3.8) is 0 Å². The summed E-state index contributed by atoms with van der Waals surface area (Å²) in [5.74, 6) is 1.56. The van der Waals surface area contributed by atoms with Crippen molar-refractivity contribution in [2.24, 2.45) is 0 Å². The highest BCUT2D eigenvalue weighted by atomic mass is 15.1. The third kappa shape index (κ3) is 2.11. The van der Waals surface area contributed by atoms with Crippen molar-refractivity contribution in [1.29, 1.82) is 5.26 Å². The van der Waals surface area contributed by atoms with Gasteiger partial charge in [-0.2, -0.15) is 5.26 Å². The van der Waals surface area contributed by atoms with E-state index >= 15 is 0 Å². The van der Waals surface area contributed by atoms with Crippen molar-refractivity contribution in [3.8, 4) is 11.9 Å². The third-order valence-electron chi connectivity index (χ3n) is 2.44. The highest BCUT2D eigenvalue weighted by Crippen LogP contribution is 2.17. The van der Waals surface area contributed by atoms with Crippen LogP contribution in [-0.4, -0.2) is 14.5 Å². The molecule has 0 bridgehead atoms. The van der Waals surface area contributed by atoms with Gasteiger partial charge in [0.05, 0.1) is 11.3 Å². The Morgan fingerprint density at radius 3 is 2.94 bits per heavy atom. The van der Waals surface area contributed by atoms with Crippen LogP contribution in [0.2, 0.25) is 0 Å². The fourth-order valence-corrected chi connectivity index (χ4v) is 1.67. The largest absolute Gasteiger partial charge is 0.396 e. The van der Waals surface area contributed by atoms with Gasteiger partial charge in [0, 0.05) is 25.0 Å². The van der Waals surface area contributed by atoms with Crippen LogP contribution in [0.1, 0.15) is 24.7 Å². The molecule has 0 aromatic carbocycles. The van der Waals surface area contributed by atoms with Gasteiger partial charge in [0.1, 0.15) is 11.9 Å². The first-order chi connectivity index (χ1) is 8.26. The Labute approximate surface area is 99.5 Å². The van der Waals surface area contributed by atoms with Crippen LogP contribution in [0.3, 0.4) is 0 Å². The first-order valence-corrected chi connectivity index (χ1v) is 5.44. The van der Waals surface area contributed by atoms with Crippen molar-refractivity contribution in [2.45, 2.75) is 19.8 Å². The van der Waals surface area contributed by atoms with Crippen LogP contribution in [0.4, 0.5) is 5.69 Å². The summed E-state index contributed by atoms with van der Waals surface area (Å²) < 4.78 is 1.86. The molecule has 2 aromatic rings. The molecule has 0 aliphatic heterocycles. The lowest BCUT2D eigenvalue weighted by Crippen LogP contribution is -2.06. The fourth-order valence-electron chi connectivity index (χ4n) is 1.67. The van der Waals surface area contributed by atoms with E-state index in [0.29, 0.717) is 17.1 Å². The Hall–Kier alpha value is -2.35. The first-order valence-electron chi connectivity index (χ1n) is 5.44. The van der Waals surface area contributed by atoms with Crippen LogP contribution in [0.25, 0.3) is 5.82 Å². The zero-order chi connectivity index (χ0) is 12.3. The molecule has 0 atom stereocenters. The zero-order valence-electron chi connectivity index (χ0n) is 9.59. The predicted octanol–water partition coefficient (Wildman–Crippen LogP) is 1.67. The van der Waals surface area contributed by atoms with Crippen LogP contribution in [0.15, 0.2) is 24.7 Å². The number of aryl methyl sites for hydroxylation is 1. The highest BCUT2D eigenvalue weighted by molar-refractivity contribution is 5.56. The van der Waals surface area contributed by atoms with Crippen LogP contribution < -0.4 is 5.73 Å². The zero-order valence-corrected chi connectivity index (χ0v) is 9.59. The Kier molecular flexibility index (Phi) is 3.06. The predicted molar refractivity (Wildman–Crippen MR) is 64.5 cm³/mol. The molecule has 0 aliphatic rings. The molecule has 0 unspecified atom stereocenters. The van der Waals surface area contributed by atoms with Gasteiger partial charge in [-0.05, 0) is 12.5 Å². The molecule has 2 heterocycles. The van der Waals surface area contributed by atoms with Gasteiger partial charge in [-0.25, -0.2) is 9.97 Å². The topological polar surface area (TPSA) is 80.5 Å². The van der Waals surface area contributed by atoms with E-state index in [9.17, 15) is 0 Å². The maximum atomic E-state index is 8.76. The van der Waals surface area contributed by atoms with Crippen molar-refractivity contribution >= 4 is 5.69 Å². The van der Waals surface area contributed by atoms with E-state index in [1.807, 2.05) is 16.8 Å². The molecule has 5 nitrogen and oxygen atoms in total. The van der Waals surface area contributed by atoms with Gasteiger partial charge >= 0.3 is 0 Å². The lowest BCUT2D eigenvalue weighted by Gasteiger charge is -2.08. The molecule has 0 amide bonds. The number of nitrogens with two attached hydrogens (primary N) is 1. The van der Waals surface area contributed by atoms with E-state index in [1.54, 1.807) is 12.3 Å². The molecule has 86 valence electrons. The number of imidazole rings is 1. The van der Waals surface area contributed by atoms with Crippen LogP contribution >= 0.6 is 0 Å². The molecule has 2 aromatic heterocycles. The molecule has 0 saturated heterocycles. The summed E-state index contributed by atoms with van der Waals surface area (Å²) in [4.78, 5) is 8.48. The van der Waals surface area contributed by atoms with Crippen LogP contribution in [0, 0.1) is 11.3 Å². The molecule has 2 N–H and O–H groups in total. The van der Waals surface area contributed by atoms with Gasteiger partial charge in [0.2, 0.25) is 0 Å². The van der Waals surface area contributed by atoms with E-state index in [-0.39, 0.29) is 0 Å². The van der Waals surface area contributed by atoms with E-state index < -0.39 is 0 Å². The van der Waals surface area contributed by atoms with Crippen LogP contribution in [-0.2, 0) is 6.42 Å². The van der Waals surface area contributed by atoms with Gasteiger partial charge in [0.25, 0.3) is 0 Å². The van der Waals surface area contributed by atoms with E-state index in [0.717, 1.165) is 18.7 Å². The fraction of sp³-hybridized carbons (Fsp3) is 0.250. The normalized spacial score (nSPS) is 10.1. The van der Waals surface area contributed by atoms with Gasteiger partial charge in [-0.1, -0.05) is 6.92 Å². The molecule has 0 fully saturated rings. The minimum atomic E-state index is 0.461. The van der Waals surface area contributed by atoms with Crippen molar-refractivity contribution in [2.75, 3.05) is 5.73 Å². The Balaban J connectivity index is 2.46. The lowest BCUT2D eigenvalue weighted by molar-refractivity contribution is 0.799. The number of hydrogen-bond acceptors (Lipinski definition) is 4. The number of hydrogen-bond donors (Lipinski definition) is 1. The van der Waals surface area contributed by atoms with Crippen molar-refractivity contribution in [3.05, 3.63) is 36.0 Å². The minimum absolute atomic E-state index is 0.461. The third-order valence-corrected chi connectivity index (χ3v) is 2.44. The minimum Gasteiger partial charge on any atom is -0.396 e. The summed E-state index contributed by atoms with van der Waals surface area (Å²) in [6.07, 6.45) is 6.95. The first kappa shape index (κ1) is 11.1. The highest BCUT2D eigenvalue weighted by Gasteiger charge is 2.09. The summed E-state index contributed by atoms with van der Waals surface area (Å²) in [6.45, 7) is 2.09. The Bertz CT molecular complexity index is 565. The number of pyridine rings is 1. The molecule has 17 heavy (non-hydrogen) atoms. The summed E-state index contributed by atoms with van der Waals surface area (Å²) in [5.41, 5.74) is 6.84. The summed E-state index contributed by atoms with van der Waals surface area (Å²) in [7, 11) is 0. The van der Waals surface area contributed by atoms with Crippen molar-refractivity contribution in [1.82, 2.24) is 14.5 Å². The molecule has 0 radical (unpaired) electrons. The van der Waals surface area contributed by atoms with Gasteiger partial charge < -0.3 is 5.73 Å². The summed E-state index contributed by atoms with van der Waals surface area (Å²) in [6, 6.07) is 3.64. The van der Waals surface area contributed by atoms with E-state index in [2.05, 4.69) is 16.9 Å². The average Bonchev–Trinajstić information content (AvgIpc) is 2.77. The van der Waals surface area contributed by atoms with Gasteiger partial charge in [0.15, 0.2) is 5.82 Å². The summed E-state index contributed by atoms with van der Waals surface area (Å²) in [5, 5.41) is 8.76. The second kappa shape index (κ2) is 4.66. The SMILES string of the molecule is CCCc1nccn1-c1ncc(C#N)cc1N. The van der Waals surface area contributed by atoms with E-state index in [1.165, 1.54) is 6.20 Å². The van der Waals surface area contributed by atoms with E-state index in [4.69, 9.17) is 11.0 Å². The number of nitrogens with zero attached hydrogens (tertiary/aromatic N) is 4. The number of nitrogen functional groups attached to an aromatic ring is 1. The summed E-state index contributed by atoms with van der Waals surface area (Å²) >= 11 is 0. The second-order valence-electron chi connectivity index (χ2n) is 3.71. The molecular formula is C12H13N5. The monoisotopic (exact) mass is 227 g/mol. The Morgan fingerprint density at radius 1 is 1.47 bits per heavy atom. The number of rotatable bonds is 3. The smallest absolute Gasteiger partial charge is 0.161 e. The molecule has 0 aliphatic carbocycles. The van der Waals surface area contributed by atoms with Gasteiger partial charge in [-0.3, -0.25) is 4.57 Å².